The number of rotatable bonds is 8. The Morgan fingerprint density at radius 1 is 1.00 bits per heavy atom. The minimum atomic E-state index is -3.40. The Morgan fingerprint density at radius 3 is 2.23 bits per heavy atom. The Balaban J connectivity index is 1.95. The van der Waals surface area contributed by atoms with Gasteiger partial charge in [0, 0.05) is 26.6 Å². The first-order valence-electron chi connectivity index (χ1n) is 8.60. The molecule has 0 aromatic heterocycles. The van der Waals surface area contributed by atoms with Crippen LogP contribution in [-0.2, 0) is 21.4 Å². The van der Waals surface area contributed by atoms with Gasteiger partial charge in [-0.1, -0.05) is 48.5 Å². The van der Waals surface area contributed by atoms with Gasteiger partial charge >= 0.3 is 0 Å². The molecule has 140 valence electrons. The molecule has 0 unspecified atom stereocenters. The molecule has 2 aromatic rings. The van der Waals surface area contributed by atoms with Crippen LogP contribution in [0.3, 0.4) is 0 Å². The predicted octanol–water partition coefficient (Wildman–Crippen LogP) is 3.20. The van der Waals surface area contributed by atoms with E-state index in [2.05, 4.69) is 0 Å². The van der Waals surface area contributed by atoms with Gasteiger partial charge in [0.25, 0.3) is 0 Å². The van der Waals surface area contributed by atoms with Crippen LogP contribution in [0.25, 0.3) is 0 Å². The second-order valence-electron chi connectivity index (χ2n) is 6.46. The molecule has 0 radical (unpaired) electrons. The fourth-order valence-electron chi connectivity index (χ4n) is 2.82. The van der Waals surface area contributed by atoms with E-state index in [0.717, 1.165) is 11.1 Å². The van der Waals surface area contributed by atoms with E-state index in [9.17, 15) is 13.2 Å². The van der Waals surface area contributed by atoms with Crippen LogP contribution in [0.4, 0.5) is 5.69 Å². The summed E-state index contributed by atoms with van der Waals surface area (Å²) < 4.78 is 25.7. The smallest absolute Gasteiger partial charge is 0.232 e. The molecule has 2 aromatic carbocycles. The second-order valence-corrected chi connectivity index (χ2v) is 8.37. The van der Waals surface area contributed by atoms with Crippen molar-refractivity contribution in [2.75, 3.05) is 24.2 Å². The van der Waals surface area contributed by atoms with Crippen LogP contribution in [-0.4, -0.2) is 39.1 Å². The summed E-state index contributed by atoms with van der Waals surface area (Å²) in [4.78, 5) is 14.0. The molecule has 0 N–H and O–H groups in total. The first kappa shape index (κ1) is 20.0. The highest BCUT2D eigenvalue weighted by Gasteiger charge is 2.19. The minimum absolute atomic E-state index is 0.00656. The lowest BCUT2D eigenvalue weighted by atomic mass is 10.2. The molecule has 0 saturated carbocycles. The van der Waals surface area contributed by atoms with E-state index in [1.165, 1.54) is 10.6 Å². The van der Waals surface area contributed by atoms with Crippen molar-refractivity contribution in [2.24, 2.45) is 0 Å². The van der Waals surface area contributed by atoms with E-state index in [1.807, 2.05) is 55.5 Å². The quantitative estimate of drug-likeness (QED) is 0.713. The fourth-order valence-corrected chi connectivity index (χ4v) is 3.84. The predicted molar refractivity (Wildman–Crippen MR) is 106 cm³/mol. The molecule has 0 spiro atoms. The molecule has 0 fully saturated rings. The average Bonchev–Trinajstić information content (AvgIpc) is 2.59. The summed E-state index contributed by atoms with van der Waals surface area (Å²) in [5.74, 6) is 0.00656. The first-order chi connectivity index (χ1) is 12.3. The first-order valence-corrected chi connectivity index (χ1v) is 10.4. The number of aryl methyl sites for hydroxylation is 1. The van der Waals surface area contributed by atoms with Gasteiger partial charge in [0.15, 0.2) is 0 Å². The van der Waals surface area contributed by atoms with Crippen LogP contribution in [0, 0.1) is 6.92 Å². The normalized spacial score (nSPS) is 11.2. The van der Waals surface area contributed by atoms with Crippen LogP contribution in [0.5, 0.6) is 0 Å². The van der Waals surface area contributed by atoms with Gasteiger partial charge in [0.2, 0.25) is 15.9 Å². The molecule has 0 saturated heterocycles. The zero-order valence-electron chi connectivity index (χ0n) is 15.6. The highest BCUT2D eigenvalue weighted by atomic mass is 32.2. The SMILES string of the molecule is Cc1ccccc1N(CCCC(=O)N(C)Cc1ccccc1)S(C)(=O)=O. The van der Waals surface area contributed by atoms with Gasteiger partial charge < -0.3 is 4.90 Å². The summed E-state index contributed by atoms with van der Waals surface area (Å²) >= 11 is 0. The molecule has 0 aliphatic heterocycles. The molecular formula is C20H26N2O3S. The highest BCUT2D eigenvalue weighted by molar-refractivity contribution is 7.92. The molecule has 1 amide bonds. The maximum absolute atomic E-state index is 12.3. The summed E-state index contributed by atoms with van der Waals surface area (Å²) in [5.41, 5.74) is 2.63. The molecule has 0 bridgehead atoms. The molecule has 26 heavy (non-hydrogen) atoms. The number of para-hydroxylation sites is 1. The lowest BCUT2D eigenvalue weighted by molar-refractivity contribution is -0.130. The van der Waals surface area contributed by atoms with Gasteiger partial charge in [-0.15, -0.1) is 0 Å². The number of benzene rings is 2. The zero-order chi connectivity index (χ0) is 19.2. The molecule has 0 atom stereocenters. The van der Waals surface area contributed by atoms with Gasteiger partial charge in [-0.2, -0.15) is 0 Å². The number of hydrogen-bond acceptors (Lipinski definition) is 3. The molecular weight excluding hydrogens is 348 g/mol. The largest absolute Gasteiger partial charge is 0.341 e. The summed E-state index contributed by atoms with van der Waals surface area (Å²) in [6.07, 6.45) is 1.98. The molecule has 2 rings (SSSR count). The number of nitrogens with zero attached hydrogens (tertiary/aromatic N) is 2. The number of anilines is 1. The van der Waals surface area contributed by atoms with E-state index in [4.69, 9.17) is 0 Å². The van der Waals surface area contributed by atoms with E-state index in [0.29, 0.717) is 25.1 Å². The maximum Gasteiger partial charge on any atom is 0.232 e. The summed E-state index contributed by atoms with van der Waals surface area (Å²) in [5, 5.41) is 0. The standard InChI is InChI=1S/C20H26N2O3S/c1-17-10-7-8-13-19(17)22(26(3,24)25)15-9-14-20(23)21(2)16-18-11-5-4-6-12-18/h4-8,10-13H,9,14-16H2,1-3H3. The van der Waals surface area contributed by atoms with Crippen molar-refractivity contribution in [3.05, 3.63) is 65.7 Å². The van der Waals surface area contributed by atoms with E-state index in [-0.39, 0.29) is 12.5 Å². The second kappa shape index (κ2) is 8.85. The minimum Gasteiger partial charge on any atom is -0.341 e. The summed E-state index contributed by atoms with van der Waals surface area (Å²) in [7, 11) is -1.63. The number of carbonyl (C=O) groups is 1. The molecule has 0 heterocycles. The number of amides is 1. The lowest BCUT2D eigenvalue weighted by Gasteiger charge is -2.24. The van der Waals surface area contributed by atoms with Gasteiger partial charge in [-0.05, 0) is 30.5 Å². The van der Waals surface area contributed by atoms with Crippen LogP contribution in [0.2, 0.25) is 0 Å². The maximum atomic E-state index is 12.3. The Hall–Kier alpha value is -2.34. The van der Waals surface area contributed by atoms with Crippen molar-refractivity contribution in [3.8, 4) is 0 Å². The topological polar surface area (TPSA) is 57.7 Å². The van der Waals surface area contributed by atoms with Gasteiger partial charge in [0.05, 0.1) is 11.9 Å². The number of carbonyl (C=O) groups excluding carboxylic acids is 1. The van der Waals surface area contributed by atoms with Crippen LogP contribution in [0.1, 0.15) is 24.0 Å². The fraction of sp³-hybridized carbons (Fsp3) is 0.350. The monoisotopic (exact) mass is 374 g/mol. The third-order valence-electron chi connectivity index (χ3n) is 4.22. The van der Waals surface area contributed by atoms with E-state index >= 15 is 0 Å². The Kier molecular flexibility index (Phi) is 6.80. The van der Waals surface area contributed by atoms with Crippen LogP contribution < -0.4 is 4.31 Å². The van der Waals surface area contributed by atoms with Crippen molar-refractivity contribution in [2.45, 2.75) is 26.3 Å². The van der Waals surface area contributed by atoms with E-state index in [1.54, 1.807) is 18.0 Å². The molecule has 5 nitrogen and oxygen atoms in total. The Labute approximate surface area is 156 Å². The highest BCUT2D eigenvalue weighted by Crippen LogP contribution is 2.22. The Bertz CT molecular complexity index is 835. The van der Waals surface area contributed by atoms with Crippen LogP contribution in [0.15, 0.2) is 54.6 Å². The average molecular weight is 375 g/mol. The number of sulfonamides is 1. The van der Waals surface area contributed by atoms with Gasteiger partial charge in [0.1, 0.15) is 0 Å². The molecule has 0 aliphatic rings. The van der Waals surface area contributed by atoms with Crippen molar-refractivity contribution in [3.63, 3.8) is 0 Å². The third-order valence-corrected chi connectivity index (χ3v) is 5.40. The lowest BCUT2D eigenvalue weighted by Crippen LogP contribution is -2.33. The van der Waals surface area contributed by atoms with Crippen molar-refractivity contribution in [1.29, 1.82) is 0 Å². The Morgan fingerprint density at radius 2 is 1.62 bits per heavy atom. The van der Waals surface area contributed by atoms with Gasteiger partial charge in [-0.25, -0.2) is 8.42 Å². The van der Waals surface area contributed by atoms with E-state index < -0.39 is 10.0 Å². The molecule has 6 heteroatoms. The number of hydrogen-bond donors (Lipinski definition) is 0. The summed E-state index contributed by atoms with van der Waals surface area (Å²) in [6.45, 7) is 2.72. The van der Waals surface area contributed by atoms with Crippen molar-refractivity contribution in [1.82, 2.24) is 4.90 Å². The van der Waals surface area contributed by atoms with Crippen molar-refractivity contribution < 1.29 is 13.2 Å². The third kappa shape index (κ3) is 5.59. The van der Waals surface area contributed by atoms with Crippen LogP contribution >= 0.6 is 0 Å². The molecule has 0 aliphatic carbocycles. The van der Waals surface area contributed by atoms with Gasteiger partial charge in [-0.3, -0.25) is 9.10 Å². The summed E-state index contributed by atoms with van der Waals surface area (Å²) in [6, 6.07) is 17.2. The van der Waals surface area contributed by atoms with Crippen molar-refractivity contribution >= 4 is 21.6 Å². The zero-order valence-corrected chi connectivity index (χ0v) is 16.4.